The van der Waals surface area contributed by atoms with Crippen LogP contribution in [0.5, 0.6) is 0 Å². The number of alkyl halides is 2. The summed E-state index contributed by atoms with van der Waals surface area (Å²) >= 11 is 0. The molecule has 1 unspecified atom stereocenters. The average molecular weight is 374 g/mol. The summed E-state index contributed by atoms with van der Waals surface area (Å²) in [4.78, 5) is 12.9. The fraction of sp³-hybridized carbons (Fsp3) is 0.250. The molecule has 1 fully saturated rings. The van der Waals surface area contributed by atoms with Gasteiger partial charge in [0.1, 0.15) is 17.2 Å². The maximum Gasteiger partial charge on any atom is 0.262 e. The van der Waals surface area contributed by atoms with E-state index < -0.39 is 30.8 Å². The van der Waals surface area contributed by atoms with E-state index in [2.05, 4.69) is 0 Å². The van der Waals surface area contributed by atoms with E-state index >= 15 is 0 Å². The second-order valence-electron chi connectivity index (χ2n) is 6.88. The lowest BCUT2D eigenvalue weighted by Crippen LogP contribution is -2.39. The molecule has 2 aromatic carbocycles. The number of hydrogen-bond acceptors (Lipinski definition) is 3. The molecule has 4 nitrogen and oxygen atoms in total. The van der Waals surface area contributed by atoms with Crippen molar-refractivity contribution in [2.24, 2.45) is 5.73 Å². The lowest BCUT2D eigenvalue weighted by Gasteiger charge is -2.21. The number of amides is 1. The van der Waals surface area contributed by atoms with Crippen molar-refractivity contribution >= 4 is 16.9 Å². The molecule has 1 aromatic heterocycles. The number of likely N-dealkylation sites (tertiary alicyclic amines) is 1. The number of halogens is 3. The zero-order valence-corrected chi connectivity index (χ0v) is 14.3. The van der Waals surface area contributed by atoms with Gasteiger partial charge in [0.2, 0.25) is 5.91 Å². The lowest BCUT2D eigenvalue weighted by molar-refractivity contribution is -0.122. The van der Waals surface area contributed by atoms with Gasteiger partial charge in [0.15, 0.2) is 0 Å². The van der Waals surface area contributed by atoms with Crippen LogP contribution in [-0.4, -0.2) is 29.3 Å². The maximum absolute atomic E-state index is 13.7. The van der Waals surface area contributed by atoms with E-state index in [1.54, 1.807) is 30.3 Å². The third kappa shape index (κ3) is 3.55. The Morgan fingerprint density at radius 2 is 2.04 bits per heavy atom. The summed E-state index contributed by atoms with van der Waals surface area (Å²) in [7, 11) is 0. The van der Waals surface area contributed by atoms with Crippen LogP contribution in [0.1, 0.15) is 12.0 Å². The van der Waals surface area contributed by atoms with Crippen LogP contribution in [0.15, 0.2) is 52.9 Å². The minimum atomic E-state index is -2.93. The van der Waals surface area contributed by atoms with Crippen LogP contribution in [0.25, 0.3) is 22.3 Å². The summed E-state index contributed by atoms with van der Waals surface area (Å²) < 4.78 is 46.5. The van der Waals surface area contributed by atoms with Crippen LogP contribution in [0, 0.1) is 5.82 Å². The molecule has 0 saturated carbocycles. The molecule has 27 heavy (non-hydrogen) atoms. The number of primary amides is 1. The van der Waals surface area contributed by atoms with Crippen LogP contribution in [0.3, 0.4) is 0 Å². The summed E-state index contributed by atoms with van der Waals surface area (Å²) in [5.41, 5.74) is 7.26. The molecule has 0 aliphatic carbocycles. The monoisotopic (exact) mass is 374 g/mol. The van der Waals surface area contributed by atoms with Crippen molar-refractivity contribution in [1.29, 1.82) is 0 Å². The second-order valence-corrected chi connectivity index (χ2v) is 6.88. The highest BCUT2D eigenvalue weighted by atomic mass is 19.3. The molecule has 4 rings (SSSR count). The highest BCUT2D eigenvalue weighted by molar-refractivity contribution is 5.83. The number of hydrogen-bond donors (Lipinski definition) is 1. The Balaban J connectivity index is 1.61. The van der Waals surface area contributed by atoms with Gasteiger partial charge in [0.25, 0.3) is 5.92 Å². The molecule has 2 heterocycles. The first-order valence-corrected chi connectivity index (χ1v) is 8.50. The van der Waals surface area contributed by atoms with Crippen LogP contribution in [0.4, 0.5) is 13.2 Å². The number of carbonyl (C=O) groups is 1. The molecule has 3 aromatic rings. The summed E-state index contributed by atoms with van der Waals surface area (Å²) in [6.07, 6.45) is -0.556. The molecule has 1 aliphatic heterocycles. The predicted octanol–water partition coefficient (Wildman–Crippen LogP) is 3.93. The van der Waals surface area contributed by atoms with Gasteiger partial charge in [-0.3, -0.25) is 9.69 Å². The van der Waals surface area contributed by atoms with Gasteiger partial charge in [-0.15, -0.1) is 0 Å². The predicted molar refractivity (Wildman–Crippen MR) is 94.6 cm³/mol. The minimum Gasteiger partial charge on any atom is -0.456 e. The van der Waals surface area contributed by atoms with Gasteiger partial charge in [-0.25, -0.2) is 13.2 Å². The summed E-state index contributed by atoms with van der Waals surface area (Å²) in [6.45, 7) is -0.321. The molecule has 0 spiro atoms. The summed E-state index contributed by atoms with van der Waals surface area (Å²) in [5.74, 6) is -3.51. The molecule has 0 bridgehead atoms. The van der Waals surface area contributed by atoms with Crippen molar-refractivity contribution in [2.45, 2.75) is 24.9 Å². The number of rotatable bonds is 4. The van der Waals surface area contributed by atoms with Crippen LogP contribution in [-0.2, 0) is 11.3 Å². The molecule has 140 valence electrons. The Kier molecular flexibility index (Phi) is 4.19. The number of furan rings is 1. The van der Waals surface area contributed by atoms with E-state index in [9.17, 15) is 18.0 Å². The maximum atomic E-state index is 13.7. The first-order valence-electron chi connectivity index (χ1n) is 8.50. The highest BCUT2D eigenvalue weighted by Crippen LogP contribution is 2.34. The number of carbonyl (C=O) groups excluding carboxylic acids is 1. The summed E-state index contributed by atoms with van der Waals surface area (Å²) in [6, 6.07) is 12.2. The molecular formula is C20H17F3N2O2. The van der Waals surface area contributed by atoms with Crippen LogP contribution >= 0.6 is 0 Å². The molecule has 1 atom stereocenters. The van der Waals surface area contributed by atoms with E-state index in [-0.39, 0.29) is 12.4 Å². The molecule has 0 radical (unpaired) electrons. The van der Waals surface area contributed by atoms with Crippen molar-refractivity contribution in [2.75, 3.05) is 6.54 Å². The first kappa shape index (κ1) is 17.6. The van der Waals surface area contributed by atoms with Crippen molar-refractivity contribution < 1.29 is 22.4 Å². The topological polar surface area (TPSA) is 59.5 Å². The van der Waals surface area contributed by atoms with E-state index in [1.807, 2.05) is 6.07 Å². The number of nitrogens with two attached hydrogens (primary N) is 1. The normalized spacial score (nSPS) is 19.6. The van der Waals surface area contributed by atoms with E-state index in [1.165, 1.54) is 17.0 Å². The zero-order chi connectivity index (χ0) is 19.2. The lowest BCUT2D eigenvalue weighted by atomic mass is 10.1. The zero-order valence-electron chi connectivity index (χ0n) is 14.3. The fourth-order valence-corrected chi connectivity index (χ4v) is 3.54. The Bertz CT molecular complexity index is 1020. The highest BCUT2D eigenvalue weighted by Gasteiger charge is 2.47. The summed E-state index contributed by atoms with van der Waals surface area (Å²) in [5, 5.41) is 0.772. The third-order valence-corrected chi connectivity index (χ3v) is 4.77. The average Bonchev–Trinajstić information content (AvgIpc) is 3.15. The smallest absolute Gasteiger partial charge is 0.262 e. The molecule has 7 heteroatoms. The third-order valence-electron chi connectivity index (χ3n) is 4.77. The number of nitrogens with zero attached hydrogens (tertiary/aromatic N) is 1. The quantitative estimate of drug-likeness (QED) is 0.753. The van der Waals surface area contributed by atoms with E-state index in [0.29, 0.717) is 16.9 Å². The van der Waals surface area contributed by atoms with Crippen molar-refractivity contribution in [1.82, 2.24) is 4.90 Å². The van der Waals surface area contributed by atoms with Gasteiger partial charge < -0.3 is 10.2 Å². The van der Waals surface area contributed by atoms with Gasteiger partial charge in [0.05, 0.1) is 12.6 Å². The Morgan fingerprint density at radius 3 is 2.78 bits per heavy atom. The Morgan fingerprint density at radius 1 is 1.22 bits per heavy atom. The molecule has 2 N–H and O–H groups in total. The molecule has 1 saturated heterocycles. The van der Waals surface area contributed by atoms with Gasteiger partial charge in [0, 0.05) is 23.9 Å². The van der Waals surface area contributed by atoms with Crippen LogP contribution < -0.4 is 5.73 Å². The number of benzene rings is 2. The van der Waals surface area contributed by atoms with Gasteiger partial charge in [-0.05, 0) is 35.9 Å². The second kappa shape index (κ2) is 6.42. The standard InChI is InChI=1S/C20H17F3N2O2/c21-15-3-1-2-13(7-15)18-8-14-6-12(4-5-17(14)27-18)10-25-11-20(22,23)9-16(25)19(24)26/h1-8,16H,9-11H2,(H2,24,26). The van der Waals surface area contributed by atoms with Crippen molar-refractivity contribution in [3.63, 3.8) is 0 Å². The van der Waals surface area contributed by atoms with Crippen molar-refractivity contribution in [3.8, 4) is 11.3 Å². The largest absolute Gasteiger partial charge is 0.456 e. The van der Waals surface area contributed by atoms with Crippen molar-refractivity contribution in [3.05, 3.63) is 59.9 Å². The molecule has 1 amide bonds. The van der Waals surface area contributed by atoms with E-state index in [4.69, 9.17) is 10.2 Å². The molecule has 1 aliphatic rings. The number of fused-ring (bicyclic) bond motifs is 1. The van der Waals surface area contributed by atoms with E-state index in [0.717, 1.165) is 10.9 Å². The Hall–Kier alpha value is -2.80. The Labute approximate surface area is 153 Å². The fourth-order valence-electron chi connectivity index (χ4n) is 3.54. The van der Waals surface area contributed by atoms with Gasteiger partial charge in [-0.2, -0.15) is 0 Å². The van der Waals surface area contributed by atoms with Crippen LogP contribution in [0.2, 0.25) is 0 Å². The first-order chi connectivity index (χ1) is 12.8. The SMILES string of the molecule is NC(=O)C1CC(F)(F)CN1Cc1ccc2oc(-c3cccc(F)c3)cc2c1. The minimum absolute atomic E-state index is 0.180. The van der Waals surface area contributed by atoms with Gasteiger partial charge in [-0.1, -0.05) is 18.2 Å². The van der Waals surface area contributed by atoms with Gasteiger partial charge >= 0.3 is 0 Å². The molecular weight excluding hydrogens is 357 g/mol.